The van der Waals surface area contributed by atoms with Gasteiger partial charge in [0.25, 0.3) is 0 Å². The summed E-state index contributed by atoms with van der Waals surface area (Å²) in [5, 5.41) is 3.30. The SMILES string of the molecule is CCC1(Cc2cc(F)cc(Br)c2)CNC1. The van der Waals surface area contributed by atoms with Crippen molar-refractivity contribution in [2.24, 2.45) is 5.41 Å². The molecule has 1 aromatic rings. The molecule has 2 rings (SSSR count). The lowest BCUT2D eigenvalue weighted by Crippen LogP contribution is -2.54. The van der Waals surface area contributed by atoms with Gasteiger partial charge >= 0.3 is 0 Å². The Kier molecular flexibility index (Phi) is 3.12. The molecule has 1 saturated heterocycles. The Balaban J connectivity index is 2.16. The lowest BCUT2D eigenvalue weighted by Gasteiger charge is -2.42. The molecule has 0 spiro atoms. The van der Waals surface area contributed by atoms with E-state index in [1.165, 1.54) is 6.07 Å². The Labute approximate surface area is 98.2 Å². The summed E-state index contributed by atoms with van der Waals surface area (Å²) in [7, 11) is 0. The molecule has 1 N–H and O–H groups in total. The minimum Gasteiger partial charge on any atom is -0.316 e. The number of rotatable bonds is 3. The minimum absolute atomic E-state index is 0.155. The highest BCUT2D eigenvalue weighted by atomic mass is 79.9. The zero-order valence-electron chi connectivity index (χ0n) is 8.82. The second-order valence-electron chi connectivity index (χ2n) is 4.41. The second-order valence-corrected chi connectivity index (χ2v) is 5.33. The highest BCUT2D eigenvalue weighted by Gasteiger charge is 2.34. The Morgan fingerprint density at radius 1 is 1.40 bits per heavy atom. The predicted molar refractivity (Wildman–Crippen MR) is 63.4 cm³/mol. The maximum atomic E-state index is 13.2. The molecule has 1 fully saturated rings. The second kappa shape index (κ2) is 4.22. The van der Waals surface area contributed by atoms with E-state index in [4.69, 9.17) is 0 Å². The maximum absolute atomic E-state index is 13.2. The van der Waals surface area contributed by atoms with Gasteiger partial charge in [-0.25, -0.2) is 4.39 Å². The van der Waals surface area contributed by atoms with E-state index in [1.54, 1.807) is 6.07 Å². The summed E-state index contributed by atoms with van der Waals surface area (Å²) < 4.78 is 14.0. The number of hydrogen-bond acceptors (Lipinski definition) is 1. The number of nitrogens with one attached hydrogen (secondary N) is 1. The van der Waals surface area contributed by atoms with Crippen LogP contribution in [0.5, 0.6) is 0 Å². The summed E-state index contributed by atoms with van der Waals surface area (Å²) in [5.74, 6) is -0.155. The van der Waals surface area contributed by atoms with E-state index in [0.717, 1.165) is 36.0 Å². The Morgan fingerprint density at radius 3 is 2.60 bits per heavy atom. The van der Waals surface area contributed by atoms with Crippen LogP contribution in [-0.2, 0) is 6.42 Å². The number of benzene rings is 1. The molecule has 3 heteroatoms. The molecule has 1 heterocycles. The predicted octanol–water partition coefficient (Wildman–Crippen LogP) is 3.13. The largest absolute Gasteiger partial charge is 0.316 e. The van der Waals surface area contributed by atoms with Crippen molar-refractivity contribution in [3.63, 3.8) is 0 Å². The van der Waals surface area contributed by atoms with E-state index in [9.17, 15) is 4.39 Å². The van der Waals surface area contributed by atoms with Crippen LogP contribution in [0.25, 0.3) is 0 Å². The molecule has 1 aliphatic rings. The Morgan fingerprint density at radius 2 is 2.13 bits per heavy atom. The average Bonchev–Trinajstić information content (AvgIpc) is 2.10. The molecule has 1 aromatic carbocycles. The van der Waals surface area contributed by atoms with Crippen molar-refractivity contribution >= 4 is 15.9 Å². The standard InChI is InChI=1S/C12H15BrFN/c1-2-12(7-15-8-12)6-9-3-10(13)5-11(14)4-9/h3-5,15H,2,6-8H2,1H3. The monoisotopic (exact) mass is 271 g/mol. The smallest absolute Gasteiger partial charge is 0.124 e. The lowest BCUT2D eigenvalue weighted by molar-refractivity contribution is 0.160. The van der Waals surface area contributed by atoms with Gasteiger partial charge < -0.3 is 5.32 Å². The highest BCUT2D eigenvalue weighted by molar-refractivity contribution is 9.10. The number of halogens is 2. The van der Waals surface area contributed by atoms with Gasteiger partial charge in [-0.3, -0.25) is 0 Å². The first-order valence-corrected chi connectivity index (χ1v) is 6.08. The third kappa shape index (κ3) is 2.40. The van der Waals surface area contributed by atoms with E-state index in [2.05, 4.69) is 28.2 Å². The average molecular weight is 272 g/mol. The fourth-order valence-electron chi connectivity index (χ4n) is 2.12. The van der Waals surface area contributed by atoms with Crippen molar-refractivity contribution in [3.8, 4) is 0 Å². The van der Waals surface area contributed by atoms with Gasteiger partial charge in [0.2, 0.25) is 0 Å². The van der Waals surface area contributed by atoms with Crippen LogP contribution < -0.4 is 5.32 Å². The Hall–Kier alpha value is -0.410. The molecular weight excluding hydrogens is 257 g/mol. The van der Waals surface area contributed by atoms with Crippen LogP contribution in [-0.4, -0.2) is 13.1 Å². The summed E-state index contributed by atoms with van der Waals surface area (Å²) in [6.45, 7) is 4.31. The zero-order valence-corrected chi connectivity index (χ0v) is 10.4. The summed E-state index contributed by atoms with van der Waals surface area (Å²) in [6, 6.07) is 5.15. The van der Waals surface area contributed by atoms with Crippen LogP contribution in [0.3, 0.4) is 0 Å². The number of hydrogen-bond donors (Lipinski definition) is 1. The molecule has 0 atom stereocenters. The third-order valence-electron chi connectivity index (χ3n) is 3.25. The van der Waals surface area contributed by atoms with Crippen LogP contribution in [0.2, 0.25) is 0 Å². The van der Waals surface area contributed by atoms with Gasteiger partial charge in [-0.1, -0.05) is 22.9 Å². The summed E-state index contributed by atoms with van der Waals surface area (Å²) >= 11 is 3.33. The van der Waals surface area contributed by atoms with Crippen LogP contribution in [0.15, 0.2) is 22.7 Å². The molecule has 0 unspecified atom stereocenters. The van der Waals surface area contributed by atoms with Gasteiger partial charge in [0, 0.05) is 17.6 Å². The molecule has 0 bridgehead atoms. The molecule has 1 nitrogen and oxygen atoms in total. The summed E-state index contributed by atoms with van der Waals surface area (Å²) in [5.41, 5.74) is 1.44. The summed E-state index contributed by atoms with van der Waals surface area (Å²) in [6.07, 6.45) is 2.11. The van der Waals surface area contributed by atoms with Gasteiger partial charge in [-0.2, -0.15) is 0 Å². The third-order valence-corrected chi connectivity index (χ3v) is 3.71. The van der Waals surface area contributed by atoms with E-state index < -0.39 is 0 Å². The van der Waals surface area contributed by atoms with Gasteiger partial charge in [0.05, 0.1) is 0 Å². The fraction of sp³-hybridized carbons (Fsp3) is 0.500. The molecule has 0 saturated carbocycles. The zero-order chi connectivity index (χ0) is 10.9. The highest BCUT2D eigenvalue weighted by Crippen LogP contribution is 2.32. The minimum atomic E-state index is -0.155. The van der Waals surface area contributed by atoms with Crippen molar-refractivity contribution in [2.45, 2.75) is 19.8 Å². The Bertz CT molecular complexity index is 335. The topological polar surface area (TPSA) is 12.0 Å². The molecule has 0 radical (unpaired) electrons. The van der Waals surface area contributed by atoms with Crippen molar-refractivity contribution < 1.29 is 4.39 Å². The first kappa shape index (κ1) is 11.1. The van der Waals surface area contributed by atoms with Crippen molar-refractivity contribution in [1.29, 1.82) is 0 Å². The molecule has 0 amide bonds. The van der Waals surface area contributed by atoms with E-state index in [0.29, 0.717) is 5.41 Å². The van der Waals surface area contributed by atoms with Gasteiger partial charge in [0.1, 0.15) is 5.82 Å². The van der Waals surface area contributed by atoms with Crippen molar-refractivity contribution in [1.82, 2.24) is 5.32 Å². The molecule has 82 valence electrons. The molecule has 0 aromatic heterocycles. The van der Waals surface area contributed by atoms with Crippen molar-refractivity contribution in [3.05, 3.63) is 34.1 Å². The van der Waals surface area contributed by atoms with E-state index in [1.807, 2.05) is 6.07 Å². The maximum Gasteiger partial charge on any atom is 0.124 e. The lowest BCUT2D eigenvalue weighted by atomic mass is 9.74. The first-order valence-electron chi connectivity index (χ1n) is 5.29. The van der Waals surface area contributed by atoms with Crippen LogP contribution in [0.1, 0.15) is 18.9 Å². The molecule has 0 aliphatic carbocycles. The molecule has 1 aliphatic heterocycles. The summed E-state index contributed by atoms with van der Waals surface area (Å²) in [4.78, 5) is 0. The van der Waals surface area contributed by atoms with Crippen molar-refractivity contribution in [2.75, 3.05) is 13.1 Å². The molecule has 15 heavy (non-hydrogen) atoms. The van der Waals surface area contributed by atoms with Crippen LogP contribution >= 0.6 is 15.9 Å². The first-order chi connectivity index (χ1) is 7.13. The van der Waals surface area contributed by atoms with Gasteiger partial charge in [-0.05, 0) is 42.0 Å². The normalized spacial score (nSPS) is 18.6. The van der Waals surface area contributed by atoms with Crippen LogP contribution in [0.4, 0.5) is 4.39 Å². The van der Waals surface area contributed by atoms with E-state index >= 15 is 0 Å². The van der Waals surface area contributed by atoms with Gasteiger partial charge in [-0.15, -0.1) is 0 Å². The van der Waals surface area contributed by atoms with Crippen LogP contribution in [0, 0.1) is 11.2 Å². The fourth-order valence-corrected chi connectivity index (χ4v) is 2.64. The van der Waals surface area contributed by atoms with Gasteiger partial charge in [0.15, 0.2) is 0 Å². The molecular formula is C12H15BrFN. The van der Waals surface area contributed by atoms with E-state index in [-0.39, 0.29) is 5.82 Å². The quantitative estimate of drug-likeness (QED) is 0.891.